The number of piperazine rings is 1. The van der Waals surface area contributed by atoms with Gasteiger partial charge < -0.3 is 35.1 Å². The lowest BCUT2D eigenvalue weighted by atomic mass is 9.99. The highest BCUT2D eigenvalue weighted by Gasteiger charge is 2.40. The molecular weight excluding hydrogens is 543 g/mol. The number of nitrogens with one attached hydrogen (secondary N) is 2. The molecule has 0 saturated carbocycles. The number of hydrogen-bond donors (Lipinski definition) is 3. The number of ether oxygens (including phenoxy) is 1. The van der Waals surface area contributed by atoms with Crippen LogP contribution in [-0.4, -0.2) is 95.7 Å². The van der Waals surface area contributed by atoms with E-state index < -0.39 is 54.2 Å². The Balaban J connectivity index is 2.32. The number of aldehydes is 1. The van der Waals surface area contributed by atoms with E-state index in [4.69, 9.17) is 33.0 Å². The Morgan fingerprint density at radius 2 is 1.74 bits per heavy atom. The van der Waals surface area contributed by atoms with Gasteiger partial charge in [-0.1, -0.05) is 37.0 Å². The first-order valence-corrected chi connectivity index (χ1v) is 12.4. The molecule has 0 unspecified atom stereocenters. The molecule has 1 saturated heterocycles. The van der Waals surface area contributed by atoms with Crippen LogP contribution in [0.2, 0.25) is 10.0 Å². The second-order valence-electron chi connectivity index (χ2n) is 9.03. The van der Waals surface area contributed by atoms with Gasteiger partial charge in [0.05, 0.1) is 36.2 Å². The van der Waals surface area contributed by atoms with Crippen molar-refractivity contribution in [2.24, 2.45) is 5.92 Å². The molecule has 38 heavy (non-hydrogen) atoms. The Morgan fingerprint density at radius 1 is 1.13 bits per heavy atom. The number of aliphatic carboxylic acids is 1. The monoisotopic (exact) mass is 572 g/mol. The maximum atomic E-state index is 13.7. The number of benzene rings is 1. The highest BCUT2D eigenvalue weighted by atomic mass is 35.5. The summed E-state index contributed by atoms with van der Waals surface area (Å²) in [5, 5.41) is 14.2. The highest BCUT2D eigenvalue weighted by molar-refractivity contribution is 6.37. The van der Waals surface area contributed by atoms with Crippen LogP contribution < -0.4 is 15.4 Å². The fraction of sp³-hybridized carbons (Fsp3) is 0.500. The minimum absolute atomic E-state index is 0.0273. The zero-order valence-corrected chi connectivity index (χ0v) is 22.8. The first kappa shape index (κ1) is 30.8. The van der Waals surface area contributed by atoms with E-state index in [1.54, 1.807) is 13.8 Å². The summed E-state index contributed by atoms with van der Waals surface area (Å²) in [7, 11) is 1.37. The minimum Gasteiger partial charge on any atom is -0.494 e. The van der Waals surface area contributed by atoms with E-state index in [1.165, 1.54) is 36.0 Å². The van der Waals surface area contributed by atoms with Crippen LogP contribution in [0.5, 0.6) is 5.75 Å². The quantitative estimate of drug-likeness (QED) is 0.349. The van der Waals surface area contributed by atoms with Gasteiger partial charge in [-0.3, -0.25) is 24.0 Å². The average Bonchev–Trinajstić information content (AvgIpc) is 2.85. The van der Waals surface area contributed by atoms with E-state index in [9.17, 15) is 28.8 Å². The van der Waals surface area contributed by atoms with Crippen LogP contribution >= 0.6 is 23.2 Å². The molecule has 0 radical (unpaired) electrons. The second-order valence-corrected chi connectivity index (χ2v) is 9.84. The van der Waals surface area contributed by atoms with Crippen LogP contribution in [0.25, 0.3) is 0 Å². The van der Waals surface area contributed by atoms with Gasteiger partial charge in [0, 0.05) is 25.6 Å². The summed E-state index contributed by atoms with van der Waals surface area (Å²) in [6.45, 7) is 4.65. The van der Waals surface area contributed by atoms with E-state index in [1.807, 2.05) is 0 Å². The molecule has 0 spiro atoms. The van der Waals surface area contributed by atoms with Crippen molar-refractivity contribution in [1.82, 2.24) is 20.4 Å². The van der Waals surface area contributed by atoms with Gasteiger partial charge in [-0.15, -0.1) is 0 Å². The molecule has 0 aromatic heterocycles. The molecule has 1 aromatic rings. The molecule has 3 N–H and O–H groups in total. The summed E-state index contributed by atoms with van der Waals surface area (Å²) in [6.07, 6.45) is -0.365. The third-order valence-corrected chi connectivity index (χ3v) is 6.54. The fourth-order valence-corrected chi connectivity index (χ4v) is 4.60. The van der Waals surface area contributed by atoms with Crippen molar-refractivity contribution in [3.8, 4) is 5.75 Å². The molecule has 14 heteroatoms. The summed E-state index contributed by atoms with van der Waals surface area (Å²) < 4.78 is 5.09. The Hall–Kier alpha value is -3.38. The van der Waals surface area contributed by atoms with Gasteiger partial charge in [-0.2, -0.15) is 0 Å². The summed E-state index contributed by atoms with van der Waals surface area (Å²) >= 11 is 12.3. The molecule has 2 rings (SSSR count). The maximum absolute atomic E-state index is 13.7. The van der Waals surface area contributed by atoms with Crippen molar-refractivity contribution < 1.29 is 38.6 Å². The van der Waals surface area contributed by atoms with E-state index in [0.29, 0.717) is 0 Å². The lowest BCUT2D eigenvalue weighted by molar-refractivity contribution is -0.150. The Morgan fingerprint density at radius 3 is 2.21 bits per heavy atom. The molecule has 1 aliphatic rings. The van der Waals surface area contributed by atoms with Crippen LogP contribution in [0, 0.1) is 5.92 Å². The molecule has 1 aromatic carbocycles. The smallest absolute Gasteiger partial charge is 0.305 e. The van der Waals surface area contributed by atoms with Gasteiger partial charge >= 0.3 is 5.97 Å². The molecule has 3 atom stereocenters. The third-order valence-electron chi connectivity index (χ3n) is 5.98. The predicted octanol–water partition coefficient (Wildman–Crippen LogP) is 0.974. The zero-order chi connectivity index (χ0) is 28.7. The SMILES string of the molecule is COc1c(Cl)cc(C(=O)N[C@H](C(=O)N2CCN(C(C)=O)C[C@H]2C(=O)N[C@H](C=O)CC(=O)O)C(C)C)cc1Cl. The predicted molar refractivity (Wildman–Crippen MR) is 137 cm³/mol. The Labute approximate surface area is 229 Å². The largest absolute Gasteiger partial charge is 0.494 e. The van der Waals surface area contributed by atoms with Crippen molar-refractivity contribution in [1.29, 1.82) is 0 Å². The van der Waals surface area contributed by atoms with E-state index >= 15 is 0 Å². The maximum Gasteiger partial charge on any atom is 0.305 e. The number of carboxylic acid groups (broad SMARTS) is 1. The molecular formula is C24H30Cl2N4O8. The van der Waals surface area contributed by atoms with Crippen LogP contribution in [0.3, 0.4) is 0 Å². The third kappa shape index (κ3) is 7.57. The molecule has 1 fully saturated rings. The van der Waals surface area contributed by atoms with Gasteiger partial charge in [0.1, 0.15) is 18.4 Å². The average molecular weight is 573 g/mol. The van der Waals surface area contributed by atoms with Crippen LogP contribution in [0.4, 0.5) is 0 Å². The van der Waals surface area contributed by atoms with Gasteiger partial charge in [0.2, 0.25) is 17.7 Å². The zero-order valence-electron chi connectivity index (χ0n) is 21.3. The summed E-state index contributed by atoms with van der Waals surface area (Å²) in [4.78, 5) is 76.6. The summed E-state index contributed by atoms with van der Waals surface area (Å²) in [5.74, 6) is -3.89. The van der Waals surface area contributed by atoms with Crippen LogP contribution in [0.1, 0.15) is 37.6 Å². The van der Waals surface area contributed by atoms with Crippen molar-refractivity contribution in [3.05, 3.63) is 27.7 Å². The van der Waals surface area contributed by atoms with Gasteiger partial charge in [-0.05, 0) is 18.1 Å². The summed E-state index contributed by atoms with van der Waals surface area (Å²) in [6, 6.07) is -0.947. The van der Waals surface area contributed by atoms with Crippen molar-refractivity contribution in [3.63, 3.8) is 0 Å². The topological polar surface area (TPSA) is 162 Å². The molecule has 1 aliphatic heterocycles. The standard InChI is InChI=1S/C24H30Cl2N4O8/c1-12(2)20(28-22(35)14-7-16(25)21(38-4)17(26)8-14)24(37)30-6-5-29(13(3)32)10-18(30)23(36)27-15(11-31)9-19(33)34/h7-8,11-12,15,18,20H,5-6,9-10H2,1-4H3,(H,27,36)(H,28,35)(H,33,34)/t15-,18-,20-/m0/s1. The fourth-order valence-electron chi connectivity index (χ4n) is 3.96. The van der Waals surface area contributed by atoms with Gasteiger partial charge in [-0.25, -0.2) is 0 Å². The highest BCUT2D eigenvalue weighted by Crippen LogP contribution is 2.33. The van der Waals surface area contributed by atoms with Gasteiger partial charge in [0.15, 0.2) is 5.75 Å². The number of nitrogens with zero attached hydrogens (tertiary/aromatic N) is 2. The number of halogens is 2. The molecule has 0 aliphatic carbocycles. The number of carbonyl (C=O) groups is 6. The lowest BCUT2D eigenvalue weighted by Crippen LogP contribution is -2.65. The molecule has 0 bridgehead atoms. The first-order valence-electron chi connectivity index (χ1n) is 11.7. The van der Waals surface area contributed by atoms with E-state index in [-0.39, 0.29) is 53.2 Å². The summed E-state index contributed by atoms with van der Waals surface area (Å²) in [5.41, 5.74) is 0.0810. The normalized spacial score (nSPS) is 16.9. The number of amides is 4. The van der Waals surface area contributed by atoms with Crippen LogP contribution in [-0.2, 0) is 24.0 Å². The number of methoxy groups -OCH3 is 1. The number of carbonyl (C=O) groups excluding carboxylic acids is 5. The van der Waals surface area contributed by atoms with Crippen molar-refractivity contribution in [2.75, 3.05) is 26.7 Å². The second kappa shape index (κ2) is 13.4. The molecule has 4 amide bonds. The number of carboxylic acids is 1. The first-order chi connectivity index (χ1) is 17.8. The number of hydrogen-bond acceptors (Lipinski definition) is 7. The van der Waals surface area contributed by atoms with E-state index in [2.05, 4.69) is 10.6 Å². The minimum atomic E-state index is -1.32. The lowest BCUT2D eigenvalue weighted by Gasteiger charge is -2.42. The Bertz CT molecular complexity index is 1090. The Kier molecular flexibility index (Phi) is 10.9. The van der Waals surface area contributed by atoms with Crippen LogP contribution in [0.15, 0.2) is 12.1 Å². The van der Waals surface area contributed by atoms with Crippen molar-refractivity contribution >= 4 is 59.1 Å². The van der Waals surface area contributed by atoms with Gasteiger partial charge in [0.25, 0.3) is 5.91 Å². The van der Waals surface area contributed by atoms with E-state index in [0.717, 1.165) is 0 Å². The molecule has 1 heterocycles. The molecule has 12 nitrogen and oxygen atoms in total. The van der Waals surface area contributed by atoms with Crippen molar-refractivity contribution in [2.45, 2.75) is 45.3 Å². The molecule has 208 valence electrons. The number of rotatable bonds is 10.